The molecule has 1 rings (SSSR count). The third kappa shape index (κ3) is 3.47. The minimum atomic E-state index is -0.199. The van der Waals surface area contributed by atoms with Crippen LogP contribution in [0.2, 0.25) is 0 Å². The lowest BCUT2D eigenvalue weighted by Gasteiger charge is -2.24. The molecular weight excluding hydrogens is 200 g/mol. The first kappa shape index (κ1) is 11.2. The normalized spacial score (nSPS) is 11.6. The van der Waals surface area contributed by atoms with Crippen LogP contribution in [-0.2, 0) is 4.74 Å². The Bertz CT molecular complexity index is 287. The first-order chi connectivity index (χ1) is 6.53. The Morgan fingerprint density at radius 3 is 2.79 bits per heavy atom. The monoisotopic (exact) mass is 216 g/mol. The molecule has 0 aliphatic heterocycles. The second-order valence-corrected chi connectivity index (χ2v) is 4.26. The number of nitrogens with two attached hydrogens (primary N) is 1. The highest BCUT2D eigenvalue weighted by atomic mass is 32.1. The summed E-state index contributed by atoms with van der Waals surface area (Å²) in [7, 11) is 0. The van der Waals surface area contributed by atoms with Crippen LogP contribution in [0.4, 0.5) is 11.1 Å². The van der Waals surface area contributed by atoms with E-state index in [2.05, 4.69) is 14.7 Å². The van der Waals surface area contributed by atoms with Gasteiger partial charge in [-0.1, -0.05) is 0 Å². The number of ether oxygens (including phenoxy) is 1. The fraction of sp³-hybridized carbons (Fsp3) is 0.750. The summed E-state index contributed by atoms with van der Waals surface area (Å²) in [6.45, 7) is 7.41. The molecule has 0 saturated heterocycles. The van der Waals surface area contributed by atoms with Gasteiger partial charge in [0, 0.05) is 24.7 Å². The Balaban J connectivity index is 2.40. The van der Waals surface area contributed by atoms with Crippen molar-refractivity contribution in [3.05, 3.63) is 0 Å². The number of nitrogens with zero attached hydrogens (tertiary/aromatic N) is 2. The molecule has 0 aromatic carbocycles. The molecule has 0 bridgehead atoms. The van der Waals surface area contributed by atoms with Crippen LogP contribution in [0.15, 0.2) is 0 Å². The molecule has 0 aliphatic rings. The van der Waals surface area contributed by atoms with E-state index < -0.39 is 0 Å². The van der Waals surface area contributed by atoms with Crippen LogP contribution in [0.25, 0.3) is 0 Å². The summed E-state index contributed by atoms with van der Waals surface area (Å²) in [4.78, 5) is 3.99. The second-order valence-electron chi connectivity index (χ2n) is 3.50. The summed E-state index contributed by atoms with van der Waals surface area (Å²) in [5.74, 6) is 0.312. The maximum absolute atomic E-state index is 5.52. The standard InChI is InChI=1S/C8H16N4OS/c1-4-13-8(2,3)5-10-7-11-6(9)12-14-7/h4-5H2,1-3H3,(H3,9,10,11,12). The molecule has 80 valence electrons. The molecule has 0 fully saturated rings. The second kappa shape index (κ2) is 4.56. The molecule has 0 spiro atoms. The van der Waals surface area contributed by atoms with Gasteiger partial charge in [-0.15, -0.1) is 0 Å². The van der Waals surface area contributed by atoms with E-state index in [0.29, 0.717) is 19.1 Å². The molecule has 1 heterocycles. The Hall–Kier alpha value is -0.880. The molecular formula is C8H16N4OS. The van der Waals surface area contributed by atoms with Crippen molar-refractivity contribution < 1.29 is 4.74 Å². The van der Waals surface area contributed by atoms with Gasteiger partial charge in [0.25, 0.3) is 0 Å². The molecule has 3 N–H and O–H groups in total. The molecule has 0 aliphatic carbocycles. The van der Waals surface area contributed by atoms with Gasteiger partial charge in [0.2, 0.25) is 11.1 Å². The first-order valence-electron chi connectivity index (χ1n) is 4.50. The van der Waals surface area contributed by atoms with E-state index in [0.717, 1.165) is 5.13 Å². The van der Waals surface area contributed by atoms with Crippen LogP contribution in [0.3, 0.4) is 0 Å². The van der Waals surface area contributed by atoms with Crippen molar-refractivity contribution in [1.82, 2.24) is 9.36 Å². The molecule has 5 nitrogen and oxygen atoms in total. The maximum Gasteiger partial charge on any atom is 0.233 e. The summed E-state index contributed by atoms with van der Waals surface area (Å²) in [5, 5.41) is 3.86. The quantitative estimate of drug-likeness (QED) is 0.777. The van der Waals surface area contributed by atoms with Gasteiger partial charge in [0.15, 0.2) is 0 Å². The molecule has 6 heteroatoms. The fourth-order valence-corrected chi connectivity index (χ4v) is 1.53. The minimum Gasteiger partial charge on any atom is -0.374 e. The minimum absolute atomic E-state index is 0.199. The van der Waals surface area contributed by atoms with Gasteiger partial charge in [-0.05, 0) is 20.8 Å². The summed E-state index contributed by atoms with van der Waals surface area (Å²) < 4.78 is 9.39. The number of hydrogen-bond acceptors (Lipinski definition) is 6. The zero-order valence-electron chi connectivity index (χ0n) is 8.70. The number of rotatable bonds is 5. The van der Waals surface area contributed by atoms with E-state index in [9.17, 15) is 0 Å². The van der Waals surface area contributed by atoms with Crippen LogP contribution < -0.4 is 11.1 Å². The molecule has 0 amide bonds. The van der Waals surface area contributed by atoms with E-state index in [1.54, 1.807) is 0 Å². The molecule has 0 radical (unpaired) electrons. The molecule has 1 aromatic rings. The summed E-state index contributed by atoms with van der Waals surface area (Å²) in [6.07, 6.45) is 0. The van der Waals surface area contributed by atoms with Crippen molar-refractivity contribution in [2.45, 2.75) is 26.4 Å². The SMILES string of the molecule is CCOC(C)(C)CNc1nc(N)ns1. The van der Waals surface area contributed by atoms with Crippen LogP contribution in [0.1, 0.15) is 20.8 Å². The highest BCUT2D eigenvalue weighted by molar-refractivity contribution is 7.09. The number of hydrogen-bond donors (Lipinski definition) is 2. The van der Waals surface area contributed by atoms with E-state index >= 15 is 0 Å². The lowest BCUT2D eigenvalue weighted by atomic mass is 10.1. The van der Waals surface area contributed by atoms with Crippen LogP contribution in [0, 0.1) is 0 Å². The first-order valence-corrected chi connectivity index (χ1v) is 5.28. The third-order valence-electron chi connectivity index (χ3n) is 1.64. The van der Waals surface area contributed by atoms with Gasteiger partial charge in [0.1, 0.15) is 0 Å². The topological polar surface area (TPSA) is 73.1 Å². The van der Waals surface area contributed by atoms with Crippen molar-refractivity contribution >= 4 is 22.6 Å². The number of nitrogens with one attached hydrogen (secondary N) is 1. The van der Waals surface area contributed by atoms with Crippen molar-refractivity contribution in [3.8, 4) is 0 Å². The number of aromatic nitrogens is 2. The zero-order chi connectivity index (χ0) is 10.6. The fourth-order valence-electron chi connectivity index (χ4n) is 1.04. The largest absolute Gasteiger partial charge is 0.374 e. The zero-order valence-corrected chi connectivity index (χ0v) is 9.52. The van der Waals surface area contributed by atoms with Gasteiger partial charge in [-0.25, -0.2) is 0 Å². The Kier molecular flexibility index (Phi) is 3.65. The summed E-state index contributed by atoms with van der Waals surface area (Å²) in [5.41, 5.74) is 5.19. The number of nitrogen functional groups attached to an aromatic ring is 1. The predicted octanol–water partition coefficient (Wildman–Crippen LogP) is 1.35. The molecule has 0 unspecified atom stereocenters. The van der Waals surface area contributed by atoms with Crippen molar-refractivity contribution in [2.75, 3.05) is 24.2 Å². The average molecular weight is 216 g/mol. The predicted molar refractivity (Wildman–Crippen MR) is 58.5 cm³/mol. The molecule has 0 atom stereocenters. The highest BCUT2D eigenvalue weighted by Crippen LogP contribution is 2.15. The Labute approximate surface area is 87.8 Å². The molecule has 14 heavy (non-hydrogen) atoms. The summed E-state index contributed by atoms with van der Waals surface area (Å²) >= 11 is 1.26. The number of anilines is 2. The van der Waals surface area contributed by atoms with Crippen molar-refractivity contribution in [2.24, 2.45) is 0 Å². The highest BCUT2D eigenvalue weighted by Gasteiger charge is 2.17. The van der Waals surface area contributed by atoms with E-state index in [4.69, 9.17) is 10.5 Å². The molecule has 1 aromatic heterocycles. The van der Waals surface area contributed by atoms with Gasteiger partial charge in [0.05, 0.1) is 5.60 Å². The van der Waals surface area contributed by atoms with E-state index in [1.807, 2.05) is 20.8 Å². The van der Waals surface area contributed by atoms with Crippen molar-refractivity contribution in [1.29, 1.82) is 0 Å². The van der Waals surface area contributed by atoms with E-state index in [-0.39, 0.29) is 5.60 Å². The van der Waals surface area contributed by atoms with Gasteiger partial charge < -0.3 is 15.8 Å². The van der Waals surface area contributed by atoms with Crippen molar-refractivity contribution in [3.63, 3.8) is 0 Å². The van der Waals surface area contributed by atoms with Gasteiger partial charge >= 0.3 is 0 Å². The smallest absolute Gasteiger partial charge is 0.233 e. The van der Waals surface area contributed by atoms with Crippen LogP contribution in [0.5, 0.6) is 0 Å². The van der Waals surface area contributed by atoms with Crippen LogP contribution >= 0.6 is 11.5 Å². The van der Waals surface area contributed by atoms with Crippen LogP contribution in [-0.4, -0.2) is 28.1 Å². The summed E-state index contributed by atoms with van der Waals surface area (Å²) in [6, 6.07) is 0. The lowest BCUT2D eigenvalue weighted by molar-refractivity contribution is 0.000697. The van der Waals surface area contributed by atoms with Gasteiger partial charge in [-0.2, -0.15) is 9.36 Å². The Morgan fingerprint density at radius 2 is 2.29 bits per heavy atom. The third-order valence-corrected chi connectivity index (χ3v) is 2.33. The van der Waals surface area contributed by atoms with E-state index in [1.165, 1.54) is 11.5 Å². The molecule has 0 saturated carbocycles. The Morgan fingerprint density at radius 1 is 1.57 bits per heavy atom. The maximum atomic E-state index is 5.52. The lowest BCUT2D eigenvalue weighted by Crippen LogP contribution is -2.33. The average Bonchev–Trinajstić information content (AvgIpc) is 2.48. The van der Waals surface area contributed by atoms with Gasteiger partial charge in [-0.3, -0.25) is 0 Å².